The maximum Gasteiger partial charge on any atom is 0.476 e. The van der Waals surface area contributed by atoms with E-state index in [2.05, 4.69) is 36.2 Å². The largest absolute Gasteiger partial charge is 0.476 e. The molecule has 0 aliphatic carbocycles. The van der Waals surface area contributed by atoms with E-state index >= 15 is 0 Å². The molecule has 0 fully saturated rings. The molecule has 0 aromatic rings. The first-order valence-corrected chi connectivity index (χ1v) is 20.7. The molecule has 47 heavy (non-hydrogen) atoms. The molecular formula is C17H43N2O23P5. The lowest BCUT2D eigenvalue weighted by Gasteiger charge is -2.21. The quantitative estimate of drug-likeness (QED) is 0.0233. The minimum Gasteiger partial charge on any atom is -0.394 e. The third kappa shape index (κ3) is 28.7. The van der Waals surface area contributed by atoms with Crippen molar-refractivity contribution in [2.45, 2.75) is 31.7 Å². The Hall–Kier alpha value is 0.350. The highest BCUT2D eigenvalue weighted by Crippen LogP contribution is 2.51. The molecule has 25 nitrogen and oxygen atoms in total. The van der Waals surface area contributed by atoms with Crippen LogP contribution >= 0.6 is 39.1 Å². The molecule has 0 aliphatic heterocycles. The second kappa shape index (κ2) is 24.5. The smallest absolute Gasteiger partial charge is 0.394 e. The molecule has 0 aromatic heterocycles. The summed E-state index contributed by atoms with van der Waals surface area (Å²) in [5.74, 6) is 0. The second-order valence-electron chi connectivity index (χ2n) is 8.41. The van der Waals surface area contributed by atoms with Crippen molar-refractivity contribution in [3.8, 4) is 0 Å². The predicted octanol–water partition coefficient (Wildman–Crippen LogP) is -0.604. The van der Waals surface area contributed by atoms with E-state index in [1.807, 2.05) is 0 Å². The topological polar surface area (TPSA) is 381 Å². The van der Waals surface area contributed by atoms with Gasteiger partial charge in [0.1, 0.15) is 6.10 Å². The van der Waals surface area contributed by atoms with E-state index in [0.29, 0.717) is 19.4 Å². The molecule has 11 N–H and O–H groups in total. The molecule has 0 aliphatic rings. The van der Waals surface area contributed by atoms with Gasteiger partial charge in [-0.05, 0) is 32.4 Å². The maximum absolute atomic E-state index is 12.0. The van der Waals surface area contributed by atoms with Gasteiger partial charge in [0.25, 0.3) is 0 Å². The van der Waals surface area contributed by atoms with Crippen LogP contribution in [0.4, 0.5) is 0 Å². The summed E-state index contributed by atoms with van der Waals surface area (Å²) in [4.78, 5) is 56.4. The van der Waals surface area contributed by atoms with Gasteiger partial charge >= 0.3 is 39.1 Å². The van der Waals surface area contributed by atoms with E-state index in [1.165, 1.54) is 0 Å². The normalized spacial score (nSPS) is 18.9. The summed E-state index contributed by atoms with van der Waals surface area (Å²) in [5, 5.41) is 9.22. The van der Waals surface area contributed by atoms with E-state index in [4.69, 9.17) is 35.3 Å². The molecule has 0 radical (unpaired) electrons. The fraction of sp³-hybridized carbons (Fsp3) is 1.00. The van der Waals surface area contributed by atoms with Crippen LogP contribution in [-0.2, 0) is 73.0 Å². The number of aliphatic hydroxyl groups is 1. The van der Waals surface area contributed by atoms with E-state index in [-0.39, 0.29) is 32.8 Å². The third-order valence-corrected chi connectivity index (χ3v) is 8.83. The van der Waals surface area contributed by atoms with Gasteiger partial charge in [-0.15, -0.1) is 0 Å². The maximum atomic E-state index is 12.0. The van der Waals surface area contributed by atoms with Crippen molar-refractivity contribution in [2.75, 3.05) is 79.3 Å². The van der Waals surface area contributed by atoms with Crippen molar-refractivity contribution in [3.63, 3.8) is 0 Å². The summed E-state index contributed by atoms with van der Waals surface area (Å²) in [7, 11) is -24.9. The molecule has 0 heterocycles. The molecule has 30 heteroatoms. The molecule has 284 valence electrons. The summed E-state index contributed by atoms with van der Waals surface area (Å²) in [5.41, 5.74) is 10.6. The Morgan fingerprint density at radius 2 is 0.957 bits per heavy atom. The Morgan fingerprint density at radius 1 is 0.511 bits per heavy atom. The number of ether oxygens (including phenoxy) is 2. The fourth-order valence-electron chi connectivity index (χ4n) is 2.47. The zero-order chi connectivity index (χ0) is 36.0. The van der Waals surface area contributed by atoms with Crippen LogP contribution in [0.2, 0.25) is 0 Å². The Balaban J connectivity index is 4.40. The minimum atomic E-state index is -5.23. The molecule has 0 amide bonds. The lowest BCUT2D eigenvalue weighted by molar-refractivity contribution is -0.0912. The van der Waals surface area contributed by atoms with Crippen molar-refractivity contribution < 1.29 is 107 Å². The molecule has 0 saturated heterocycles. The average molecular weight is 798 g/mol. The van der Waals surface area contributed by atoms with Gasteiger partial charge in [0.2, 0.25) is 6.29 Å². The highest BCUT2D eigenvalue weighted by Gasteiger charge is 2.34. The molecule has 6 unspecified atom stereocenters. The number of nitrogens with two attached hydrogens (primary N) is 2. The monoisotopic (exact) mass is 798 g/mol. The van der Waals surface area contributed by atoms with Crippen molar-refractivity contribution in [1.29, 1.82) is 0 Å². The van der Waals surface area contributed by atoms with Gasteiger partial charge in [-0.25, -0.2) is 22.8 Å². The van der Waals surface area contributed by atoms with Crippen LogP contribution in [-0.4, -0.2) is 126 Å². The van der Waals surface area contributed by atoms with Crippen molar-refractivity contribution in [3.05, 3.63) is 0 Å². The fourth-order valence-corrected chi connectivity index (χ4v) is 5.91. The summed E-state index contributed by atoms with van der Waals surface area (Å²) >= 11 is 0. The standard InChI is InChI=1S/C17H43N2O23P5/c18-4-1-6-32-13-16(12-20)40-46(28,29)35-9-3-8-34-44(24,25)36-10-11-37-45(26,27)38-15-39-47(30,31)42-17(41-43(21,22)23)14-33-7-2-5-19/h16-17,20H,1-15,18-19H2,(H,24,25)(H,26,27)(H,28,29)(H,30,31)(H2,21,22,23). The molecule has 0 aromatic carbocycles. The number of hydrogen-bond acceptors (Lipinski definition) is 19. The molecule has 0 spiro atoms. The van der Waals surface area contributed by atoms with Crippen molar-refractivity contribution >= 4 is 39.1 Å². The van der Waals surface area contributed by atoms with Gasteiger partial charge in [-0.2, -0.15) is 0 Å². The van der Waals surface area contributed by atoms with Crippen LogP contribution in [0.5, 0.6) is 0 Å². The van der Waals surface area contributed by atoms with Gasteiger partial charge in [0.05, 0.1) is 46.2 Å². The van der Waals surface area contributed by atoms with E-state index in [1.54, 1.807) is 0 Å². The predicted molar refractivity (Wildman–Crippen MR) is 154 cm³/mol. The summed E-state index contributed by atoms with van der Waals surface area (Å²) in [6, 6.07) is 0. The Morgan fingerprint density at radius 3 is 1.47 bits per heavy atom. The third-order valence-electron chi connectivity index (χ3n) is 4.36. The molecule has 0 bridgehead atoms. The number of aliphatic hydroxyl groups excluding tert-OH is 1. The van der Waals surface area contributed by atoms with Crippen molar-refractivity contribution in [2.24, 2.45) is 11.5 Å². The summed E-state index contributed by atoms with van der Waals surface area (Å²) in [6.45, 7) is -4.93. The van der Waals surface area contributed by atoms with Gasteiger partial charge in [0.15, 0.2) is 6.79 Å². The Bertz CT molecular complexity index is 1080. The molecule has 0 saturated carbocycles. The number of phosphoric ester groups is 5. The van der Waals surface area contributed by atoms with Gasteiger partial charge in [-0.1, -0.05) is 0 Å². The lowest BCUT2D eigenvalue weighted by Crippen LogP contribution is -2.24. The average Bonchev–Trinajstić information content (AvgIpc) is 2.93. The second-order valence-corrected chi connectivity index (χ2v) is 15.3. The van der Waals surface area contributed by atoms with Crippen LogP contribution in [0.25, 0.3) is 0 Å². The summed E-state index contributed by atoms with van der Waals surface area (Å²) in [6.07, 6.45) is -2.64. The molecular weight excluding hydrogens is 755 g/mol. The number of phosphoric acid groups is 5. The van der Waals surface area contributed by atoms with Crippen LogP contribution in [0, 0.1) is 0 Å². The minimum absolute atomic E-state index is 0.0203. The lowest BCUT2D eigenvalue weighted by atomic mass is 10.4. The molecule has 0 rings (SSSR count). The van der Waals surface area contributed by atoms with Gasteiger partial charge < -0.3 is 55.4 Å². The summed E-state index contributed by atoms with van der Waals surface area (Å²) < 4.78 is 109. The van der Waals surface area contributed by atoms with E-state index in [9.17, 15) is 47.5 Å². The van der Waals surface area contributed by atoms with Crippen molar-refractivity contribution in [1.82, 2.24) is 0 Å². The molecule has 6 atom stereocenters. The zero-order valence-electron chi connectivity index (χ0n) is 24.8. The van der Waals surface area contributed by atoms with E-state index in [0.717, 1.165) is 0 Å². The van der Waals surface area contributed by atoms with Gasteiger partial charge in [-0.3, -0.25) is 40.7 Å². The first kappa shape index (κ1) is 47.4. The van der Waals surface area contributed by atoms with Crippen LogP contribution in [0.1, 0.15) is 19.3 Å². The van der Waals surface area contributed by atoms with E-state index < -0.39 is 97.9 Å². The van der Waals surface area contributed by atoms with Crippen LogP contribution in [0.3, 0.4) is 0 Å². The highest BCUT2D eigenvalue weighted by molar-refractivity contribution is 7.48. The number of hydrogen-bond donors (Lipinski definition) is 9. The Kier molecular flexibility index (Phi) is 24.7. The number of rotatable bonds is 32. The van der Waals surface area contributed by atoms with Gasteiger partial charge in [0, 0.05) is 13.2 Å². The van der Waals surface area contributed by atoms with Crippen LogP contribution < -0.4 is 11.5 Å². The highest BCUT2D eigenvalue weighted by atomic mass is 31.2. The first-order chi connectivity index (χ1) is 21.8. The zero-order valence-corrected chi connectivity index (χ0v) is 29.3. The SMILES string of the molecule is NCCCOCC(CO)OP(=O)(O)OCCCOP(=O)(O)OCCOP(=O)(O)OCOP(=O)(O)OC(COCCCN)OP(=O)(O)O. The Labute approximate surface area is 269 Å². The first-order valence-electron chi connectivity index (χ1n) is 13.2. The van der Waals surface area contributed by atoms with Crippen LogP contribution in [0.15, 0.2) is 0 Å².